The minimum atomic E-state index is -0.945. The molecule has 1 rings (SSSR count). The van der Waals surface area contributed by atoms with E-state index in [4.69, 9.17) is 5.11 Å². The summed E-state index contributed by atoms with van der Waals surface area (Å²) in [6.07, 6.45) is 10.4. The van der Waals surface area contributed by atoms with E-state index in [-0.39, 0.29) is 40.9 Å². The van der Waals surface area contributed by atoms with Crippen LogP contribution in [0.3, 0.4) is 0 Å². The van der Waals surface area contributed by atoms with E-state index in [1.807, 2.05) is 0 Å². The number of carbonyl (C=O) groups is 1. The van der Waals surface area contributed by atoms with Crippen molar-refractivity contribution in [3.63, 3.8) is 0 Å². The molecular formula is C17H25NaO3. The predicted octanol–water partition coefficient (Wildman–Crippen LogP) is 1.15. The minimum absolute atomic E-state index is 0. The summed E-state index contributed by atoms with van der Waals surface area (Å²) in [5.74, 6) is -1.05. The fourth-order valence-electron chi connectivity index (χ4n) is 2.43. The Kier molecular flexibility index (Phi) is 11.8. The van der Waals surface area contributed by atoms with Gasteiger partial charge < -0.3 is 10.2 Å². The van der Waals surface area contributed by atoms with Crippen LogP contribution in [-0.2, 0) is 6.42 Å². The van der Waals surface area contributed by atoms with Gasteiger partial charge in [-0.25, -0.2) is 4.79 Å². The molecule has 0 aliphatic heterocycles. The van der Waals surface area contributed by atoms with Crippen LogP contribution in [0.2, 0.25) is 0 Å². The van der Waals surface area contributed by atoms with Crippen molar-refractivity contribution < 1.29 is 44.6 Å². The summed E-state index contributed by atoms with van der Waals surface area (Å²) >= 11 is 0. The predicted molar refractivity (Wildman–Crippen MR) is 79.2 cm³/mol. The van der Waals surface area contributed by atoms with Crippen molar-refractivity contribution in [2.45, 2.75) is 64.7 Å². The van der Waals surface area contributed by atoms with E-state index in [1.165, 1.54) is 56.7 Å². The van der Waals surface area contributed by atoms with Gasteiger partial charge in [0.1, 0.15) is 0 Å². The number of carboxylic acids is 1. The first kappa shape index (κ1) is 20.5. The van der Waals surface area contributed by atoms with E-state index in [2.05, 4.69) is 6.92 Å². The second-order valence-electron chi connectivity index (χ2n) is 5.35. The third-order valence-electron chi connectivity index (χ3n) is 3.61. The normalized spacial score (nSPS) is 10.1. The summed E-state index contributed by atoms with van der Waals surface area (Å²) in [4.78, 5) is 11.1. The van der Waals surface area contributed by atoms with Crippen LogP contribution >= 0.6 is 0 Å². The Labute approximate surface area is 150 Å². The van der Waals surface area contributed by atoms with Crippen molar-refractivity contribution in [1.82, 2.24) is 0 Å². The SMILES string of the molecule is CCCCCCCCCCc1cc([O-])ccc1C(=O)O.[Na+]. The van der Waals surface area contributed by atoms with Crippen LogP contribution in [0.5, 0.6) is 5.75 Å². The molecule has 1 aromatic rings. The van der Waals surface area contributed by atoms with E-state index in [0.29, 0.717) is 12.0 Å². The Morgan fingerprint density at radius 2 is 1.62 bits per heavy atom. The van der Waals surface area contributed by atoms with Gasteiger partial charge in [0.15, 0.2) is 0 Å². The number of hydrogen-bond acceptors (Lipinski definition) is 2. The maximum atomic E-state index is 11.3. The minimum Gasteiger partial charge on any atom is -0.872 e. The standard InChI is InChI=1S/C17H26O3.Na/c1-2-3-4-5-6-7-8-9-10-14-13-15(18)11-12-16(14)17(19)20;/h11-13,18H,2-10H2,1H3,(H,19,20);/q;+1/p-1. The Hall–Kier alpha value is -0.510. The van der Waals surface area contributed by atoms with Gasteiger partial charge in [0.2, 0.25) is 0 Å². The Morgan fingerprint density at radius 1 is 1.05 bits per heavy atom. The first-order valence-electron chi connectivity index (χ1n) is 7.68. The molecule has 0 unspecified atom stereocenters. The van der Waals surface area contributed by atoms with E-state index in [9.17, 15) is 9.90 Å². The number of unbranched alkanes of at least 4 members (excludes halogenated alkanes) is 7. The summed E-state index contributed by atoms with van der Waals surface area (Å²) in [5.41, 5.74) is 0.948. The van der Waals surface area contributed by atoms with Crippen molar-refractivity contribution in [3.8, 4) is 5.75 Å². The van der Waals surface area contributed by atoms with Gasteiger partial charge in [-0.1, -0.05) is 64.0 Å². The summed E-state index contributed by atoms with van der Waals surface area (Å²) in [6.45, 7) is 2.21. The van der Waals surface area contributed by atoms with Gasteiger partial charge in [-0.3, -0.25) is 0 Å². The molecule has 0 saturated carbocycles. The van der Waals surface area contributed by atoms with Gasteiger partial charge in [0, 0.05) is 0 Å². The third-order valence-corrected chi connectivity index (χ3v) is 3.61. The maximum absolute atomic E-state index is 11.3. The average Bonchev–Trinajstić information content (AvgIpc) is 2.41. The van der Waals surface area contributed by atoms with Crippen LogP contribution in [0, 0.1) is 0 Å². The summed E-state index contributed by atoms with van der Waals surface area (Å²) in [7, 11) is 0. The molecule has 0 atom stereocenters. The van der Waals surface area contributed by atoms with Crippen LogP contribution in [-0.4, -0.2) is 11.1 Å². The smallest absolute Gasteiger partial charge is 0.872 e. The second kappa shape index (κ2) is 12.1. The van der Waals surface area contributed by atoms with Crippen molar-refractivity contribution in [1.29, 1.82) is 0 Å². The largest absolute Gasteiger partial charge is 1.00 e. The molecule has 1 aromatic carbocycles. The molecule has 0 fully saturated rings. The first-order chi connectivity index (χ1) is 9.65. The van der Waals surface area contributed by atoms with Gasteiger partial charge >= 0.3 is 35.5 Å². The molecule has 21 heavy (non-hydrogen) atoms. The van der Waals surface area contributed by atoms with Crippen molar-refractivity contribution in [3.05, 3.63) is 29.3 Å². The second-order valence-corrected chi connectivity index (χ2v) is 5.35. The topological polar surface area (TPSA) is 60.4 Å². The molecular weight excluding hydrogens is 275 g/mol. The third kappa shape index (κ3) is 8.50. The van der Waals surface area contributed by atoms with E-state index >= 15 is 0 Å². The molecule has 0 heterocycles. The molecule has 112 valence electrons. The maximum Gasteiger partial charge on any atom is 1.00 e. The van der Waals surface area contributed by atoms with E-state index in [0.717, 1.165) is 12.8 Å². The Balaban J connectivity index is 0.00000400. The van der Waals surface area contributed by atoms with Gasteiger partial charge in [-0.2, -0.15) is 0 Å². The molecule has 0 saturated heterocycles. The molecule has 0 spiro atoms. The van der Waals surface area contributed by atoms with Crippen LogP contribution in [0.4, 0.5) is 0 Å². The molecule has 0 radical (unpaired) electrons. The molecule has 0 bridgehead atoms. The molecule has 3 nitrogen and oxygen atoms in total. The Morgan fingerprint density at radius 3 is 2.19 bits per heavy atom. The number of aryl methyl sites for hydroxylation is 1. The number of carboxylic acid groups (broad SMARTS) is 1. The molecule has 0 aliphatic carbocycles. The van der Waals surface area contributed by atoms with E-state index < -0.39 is 5.97 Å². The zero-order valence-electron chi connectivity index (χ0n) is 13.4. The average molecular weight is 300 g/mol. The van der Waals surface area contributed by atoms with Crippen molar-refractivity contribution in [2.24, 2.45) is 0 Å². The van der Waals surface area contributed by atoms with Crippen LogP contribution < -0.4 is 34.7 Å². The molecule has 0 aromatic heterocycles. The van der Waals surface area contributed by atoms with Gasteiger partial charge in [-0.15, -0.1) is 5.75 Å². The van der Waals surface area contributed by atoms with Gasteiger partial charge in [0.05, 0.1) is 5.56 Å². The molecule has 0 aliphatic rings. The number of rotatable bonds is 10. The van der Waals surface area contributed by atoms with Crippen molar-refractivity contribution in [2.75, 3.05) is 0 Å². The van der Waals surface area contributed by atoms with Crippen LogP contribution in [0.25, 0.3) is 0 Å². The number of aromatic carboxylic acids is 1. The first-order valence-corrected chi connectivity index (χ1v) is 7.68. The zero-order valence-corrected chi connectivity index (χ0v) is 15.4. The van der Waals surface area contributed by atoms with Crippen LogP contribution in [0.15, 0.2) is 18.2 Å². The molecule has 1 N–H and O–H groups in total. The Bertz CT molecular complexity index is 418. The fourth-order valence-corrected chi connectivity index (χ4v) is 2.43. The van der Waals surface area contributed by atoms with Gasteiger partial charge in [-0.05, 0) is 24.5 Å². The summed E-state index contributed by atoms with van der Waals surface area (Å²) in [6, 6.07) is 4.20. The number of hydrogen-bond donors (Lipinski definition) is 1. The van der Waals surface area contributed by atoms with Gasteiger partial charge in [0.25, 0.3) is 0 Å². The fraction of sp³-hybridized carbons (Fsp3) is 0.588. The van der Waals surface area contributed by atoms with Crippen molar-refractivity contribution >= 4 is 5.97 Å². The van der Waals surface area contributed by atoms with Crippen LogP contribution in [0.1, 0.15) is 74.2 Å². The molecule has 4 heteroatoms. The monoisotopic (exact) mass is 300 g/mol. The number of benzene rings is 1. The summed E-state index contributed by atoms with van der Waals surface area (Å²) < 4.78 is 0. The summed E-state index contributed by atoms with van der Waals surface area (Å²) in [5, 5.41) is 20.4. The molecule has 0 amide bonds. The van der Waals surface area contributed by atoms with E-state index in [1.54, 1.807) is 0 Å². The zero-order chi connectivity index (χ0) is 14.8. The quantitative estimate of drug-likeness (QED) is 0.521.